The largest absolute Gasteiger partial charge is 0.495 e. The third-order valence-electron chi connectivity index (χ3n) is 6.17. The summed E-state index contributed by atoms with van der Waals surface area (Å²) < 4.78 is 11.3. The van der Waals surface area contributed by atoms with Crippen molar-refractivity contribution in [3.8, 4) is 5.75 Å². The van der Waals surface area contributed by atoms with Crippen LogP contribution in [0.4, 0.5) is 11.4 Å². The number of ether oxygens (including phenoxy) is 2. The van der Waals surface area contributed by atoms with Crippen LogP contribution in [0.15, 0.2) is 42.5 Å². The summed E-state index contributed by atoms with van der Waals surface area (Å²) in [5.41, 5.74) is 3.09. The quantitative estimate of drug-likeness (QED) is 0.717. The molecule has 2 aromatic rings. The molecular formula is C26H33N3O4. The van der Waals surface area contributed by atoms with Gasteiger partial charge in [0.15, 0.2) is 0 Å². The second kappa shape index (κ2) is 10.4. The van der Waals surface area contributed by atoms with Crippen molar-refractivity contribution in [1.29, 1.82) is 0 Å². The maximum Gasteiger partial charge on any atom is 0.255 e. The Bertz CT molecular complexity index is 982. The van der Waals surface area contributed by atoms with E-state index in [2.05, 4.69) is 24.1 Å². The van der Waals surface area contributed by atoms with E-state index in [9.17, 15) is 9.59 Å². The molecule has 0 saturated carbocycles. The highest BCUT2D eigenvalue weighted by atomic mass is 16.5. The number of carbonyl (C=O) groups is 2. The van der Waals surface area contributed by atoms with Crippen molar-refractivity contribution in [1.82, 2.24) is 4.90 Å². The van der Waals surface area contributed by atoms with Gasteiger partial charge < -0.3 is 19.7 Å². The molecule has 7 heteroatoms. The molecule has 2 atom stereocenters. The first-order valence-corrected chi connectivity index (χ1v) is 11.7. The number of piperidine rings is 1. The molecular weight excluding hydrogens is 418 g/mol. The first kappa shape index (κ1) is 23.3. The van der Waals surface area contributed by atoms with Crippen molar-refractivity contribution in [2.24, 2.45) is 0 Å². The molecule has 0 aliphatic carbocycles. The Morgan fingerprint density at radius 2 is 1.82 bits per heavy atom. The summed E-state index contributed by atoms with van der Waals surface area (Å²) in [5.74, 6) is 0.526. The Balaban J connectivity index is 1.42. The van der Waals surface area contributed by atoms with Crippen LogP contribution in [0.1, 0.15) is 49.0 Å². The van der Waals surface area contributed by atoms with Crippen molar-refractivity contribution in [2.75, 3.05) is 37.0 Å². The fourth-order valence-corrected chi connectivity index (χ4v) is 4.68. The normalized spacial score (nSPS) is 21.7. The van der Waals surface area contributed by atoms with Gasteiger partial charge in [0.05, 0.1) is 25.0 Å². The number of anilines is 2. The van der Waals surface area contributed by atoms with E-state index in [4.69, 9.17) is 9.47 Å². The lowest BCUT2D eigenvalue weighted by molar-refractivity contribution is -0.119. The molecule has 2 aliphatic heterocycles. The van der Waals surface area contributed by atoms with Crippen LogP contribution < -0.4 is 15.0 Å². The lowest BCUT2D eigenvalue weighted by Crippen LogP contribution is -2.44. The van der Waals surface area contributed by atoms with Crippen LogP contribution in [0.2, 0.25) is 0 Å². The van der Waals surface area contributed by atoms with Crippen molar-refractivity contribution in [3.63, 3.8) is 0 Å². The molecule has 0 radical (unpaired) electrons. The standard InChI is InChI=1S/C26H33N3O4/c1-18-15-28(16-19(2)33-18)17-20-7-9-21(10-8-20)26(31)27-22-11-12-24(32-3)23(14-22)29-13-5-4-6-25(29)30/h7-12,14,18-19H,4-6,13,15-17H2,1-3H3,(H,27,31). The Hall–Kier alpha value is -2.90. The number of hydrogen-bond acceptors (Lipinski definition) is 5. The van der Waals surface area contributed by atoms with Gasteiger partial charge >= 0.3 is 0 Å². The van der Waals surface area contributed by atoms with E-state index in [-0.39, 0.29) is 24.0 Å². The SMILES string of the molecule is COc1ccc(NC(=O)c2ccc(CN3CC(C)OC(C)C3)cc2)cc1N1CCCCC1=O. The van der Waals surface area contributed by atoms with Gasteiger partial charge in [-0.1, -0.05) is 12.1 Å². The topological polar surface area (TPSA) is 71.1 Å². The molecule has 2 aromatic carbocycles. The van der Waals surface area contributed by atoms with E-state index in [1.165, 1.54) is 5.56 Å². The van der Waals surface area contributed by atoms with Gasteiger partial charge in [-0.05, 0) is 62.6 Å². The maximum absolute atomic E-state index is 12.9. The summed E-state index contributed by atoms with van der Waals surface area (Å²) in [6.07, 6.45) is 2.86. The van der Waals surface area contributed by atoms with Crippen LogP contribution in [0.5, 0.6) is 5.75 Å². The first-order chi connectivity index (χ1) is 15.9. The maximum atomic E-state index is 12.9. The molecule has 1 N–H and O–H groups in total. The molecule has 7 nitrogen and oxygen atoms in total. The lowest BCUT2D eigenvalue weighted by atomic mass is 10.1. The Kier molecular flexibility index (Phi) is 7.30. The molecule has 0 aromatic heterocycles. The van der Waals surface area contributed by atoms with Gasteiger partial charge in [0.25, 0.3) is 5.91 Å². The summed E-state index contributed by atoms with van der Waals surface area (Å²) in [6.45, 7) is 7.52. The lowest BCUT2D eigenvalue weighted by Gasteiger charge is -2.35. The third kappa shape index (κ3) is 5.72. The second-order valence-electron chi connectivity index (χ2n) is 8.99. The molecule has 0 bridgehead atoms. The number of rotatable bonds is 6. The van der Waals surface area contributed by atoms with E-state index in [0.717, 1.165) is 32.5 Å². The summed E-state index contributed by atoms with van der Waals surface area (Å²) in [7, 11) is 1.59. The Labute approximate surface area is 195 Å². The molecule has 4 rings (SSSR count). The Morgan fingerprint density at radius 1 is 1.09 bits per heavy atom. The molecule has 0 spiro atoms. The highest BCUT2D eigenvalue weighted by Gasteiger charge is 2.24. The molecule has 2 aliphatic rings. The monoisotopic (exact) mass is 451 g/mol. The van der Waals surface area contributed by atoms with Gasteiger partial charge in [-0.3, -0.25) is 14.5 Å². The van der Waals surface area contributed by atoms with Crippen molar-refractivity contribution in [3.05, 3.63) is 53.6 Å². The summed E-state index contributed by atoms with van der Waals surface area (Å²) >= 11 is 0. The number of hydrogen-bond donors (Lipinski definition) is 1. The Morgan fingerprint density at radius 3 is 2.48 bits per heavy atom. The summed E-state index contributed by atoms with van der Waals surface area (Å²) in [4.78, 5) is 29.4. The average molecular weight is 452 g/mol. The number of morpholine rings is 1. The molecule has 2 unspecified atom stereocenters. The molecule has 2 amide bonds. The van der Waals surface area contributed by atoms with Gasteiger partial charge in [0.2, 0.25) is 5.91 Å². The zero-order chi connectivity index (χ0) is 23.4. The molecule has 2 fully saturated rings. The molecule has 176 valence electrons. The van der Waals surface area contributed by atoms with Crippen LogP contribution in [0, 0.1) is 0 Å². The first-order valence-electron chi connectivity index (χ1n) is 11.7. The van der Waals surface area contributed by atoms with E-state index in [1.54, 1.807) is 24.1 Å². The van der Waals surface area contributed by atoms with Gasteiger partial charge in [-0.2, -0.15) is 0 Å². The number of amides is 2. The van der Waals surface area contributed by atoms with Gasteiger partial charge in [-0.25, -0.2) is 0 Å². The van der Waals surface area contributed by atoms with Crippen LogP contribution >= 0.6 is 0 Å². The van der Waals surface area contributed by atoms with Crippen molar-refractivity contribution in [2.45, 2.75) is 51.9 Å². The number of carbonyl (C=O) groups excluding carboxylic acids is 2. The smallest absolute Gasteiger partial charge is 0.255 e. The van der Waals surface area contributed by atoms with Crippen LogP contribution in [-0.2, 0) is 16.1 Å². The van der Waals surface area contributed by atoms with Crippen molar-refractivity contribution < 1.29 is 19.1 Å². The van der Waals surface area contributed by atoms with E-state index < -0.39 is 0 Å². The number of benzene rings is 2. The van der Waals surface area contributed by atoms with E-state index in [1.807, 2.05) is 30.3 Å². The van der Waals surface area contributed by atoms with Gasteiger partial charge in [0, 0.05) is 43.9 Å². The number of nitrogens with zero attached hydrogens (tertiary/aromatic N) is 2. The van der Waals surface area contributed by atoms with Crippen LogP contribution in [0.3, 0.4) is 0 Å². The summed E-state index contributed by atoms with van der Waals surface area (Å²) in [6, 6.07) is 13.1. The zero-order valence-electron chi connectivity index (χ0n) is 19.7. The van der Waals surface area contributed by atoms with Crippen LogP contribution in [-0.4, -0.2) is 55.7 Å². The van der Waals surface area contributed by atoms with E-state index >= 15 is 0 Å². The predicted molar refractivity (Wildman–Crippen MR) is 129 cm³/mol. The average Bonchev–Trinajstić information content (AvgIpc) is 2.79. The predicted octanol–water partition coefficient (Wildman–Crippen LogP) is 4.07. The molecule has 2 saturated heterocycles. The summed E-state index contributed by atoms with van der Waals surface area (Å²) in [5, 5.41) is 2.96. The minimum absolute atomic E-state index is 0.0858. The fourth-order valence-electron chi connectivity index (χ4n) is 4.68. The van der Waals surface area contributed by atoms with Gasteiger partial charge in [0.1, 0.15) is 5.75 Å². The van der Waals surface area contributed by atoms with Crippen LogP contribution in [0.25, 0.3) is 0 Å². The fraction of sp³-hybridized carbons (Fsp3) is 0.462. The zero-order valence-corrected chi connectivity index (χ0v) is 19.7. The number of nitrogens with one attached hydrogen (secondary N) is 1. The number of methoxy groups -OCH3 is 1. The second-order valence-corrected chi connectivity index (χ2v) is 8.99. The molecule has 33 heavy (non-hydrogen) atoms. The third-order valence-corrected chi connectivity index (χ3v) is 6.17. The highest BCUT2D eigenvalue weighted by molar-refractivity contribution is 6.05. The van der Waals surface area contributed by atoms with Gasteiger partial charge in [-0.15, -0.1) is 0 Å². The van der Waals surface area contributed by atoms with Crippen molar-refractivity contribution >= 4 is 23.2 Å². The highest BCUT2D eigenvalue weighted by Crippen LogP contribution is 2.33. The van der Waals surface area contributed by atoms with E-state index in [0.29, 0.717) is 35.7 Å². The minimum atomic E-state index is -0.184. The molecule has 2 heterocycles. The minimum Gasteiger partial charge on any atom is -0.495 e.